The lowest BCUT2D eigenvalue weighted by molar-refractivity contribution is -0.122. The monoisotopic (exact) mass is 428 g/mol. The minimum atomic E-state index is -0.758. The second-order valence-corrected chi connectivity index (χ2v) is 6.70. The summed E-state index contributed by atoms with van der Waals surface area (Å²) in [5, 5.41) is 2.93. The SMILES string of the molecule is Cc1cccc(N2C(=O)NC(=O)/C(=C/c3ccc(OCCBr)cc3)C2=O)c1. The molecule has 4 amide bonds. The molecule has 0 aromatic heterocycles. The predicted molar refractivity (Wildman–Crippen MR) is 106 cm³/mol. The van der Waals surface area contributed by atoms with Gasteiger partial charge in [-0.3, -0.25) is 14.9 Å². The predicted octanol–water partition coefficient (Wildman–Crippen LogP) is 3.44. The summed E-state index contributed by atoms with van der Waals surface area (Å²) >= 11 is 3.29. The van der Waals surface area contributed by atoms with Crippen LogP contribution in [0, 0.1) is 6.92 Å². The number of anilines is 1. The van der Waals surface area contributed by atoms with Crippen LogP contribution in [0.15, 0.2) is 54.1 Å². The van der Waals surface area contributed by atoms with Crippen LogP contribution in [-0.2, 0) is 9.59 Å². The van der Waals surface area contributed by atoms with Gasteiger partial charge in [0.25, 0.3) is 11.8 Å². The third-order valence-electron chi connectivity index (χ3n) is 3.90. The number of barbiturate groups is 1. The van der Waals surface area contributed by atoms with Gasteiger partial charge in [-0.05, 0) is 48.4 Å². The number of imide groups is 2. The summed E-state index contributed by atoms with van der Waals surface area (Å²) in [7, 11) is 0. The van der Waals surface area contributed by atoms with Crippen molar-refractivity contribution in [2.24, 2.45) is 0 Å². The fourth-order valence-electron chi connectivity index (χ4n) is 2.64. The van der Waals surface area contributed by atoms with Gasteiger partial charge in [-0.25, -0.2) is 9.69 Å². The molecule has 0 radical (unpaired) electrons. The van der Waals surface area contributed by atoms with Crippen LogP contribution in [-0.4, -0.2) is 29.8 Å². The number of hydrogen-bond acceptors (Lipinski definition) is 4. The molecule has 0 spiro atoms. The van der Waals surface area contributed by atoms with Crippen LogP contribution < -0.4 is 15.0 Å². The minimum absolute atomic E-state index is 0.106. The molecular formula is C20H17BrN2O4. The molecule has 1 aliphatic heterocycles. The Balaban J connectivity index is 1.90. The van der Waals surface area contributed by atoms with Gasteiger partial charge in [0.05, 0.1) is 12.3 Å². The van der Waals surface area contributed by atoms with Crippen LogP contribution in [0.1, 0.15) is 11.1 Å². The number of aryl methyl sites for hydroxylation is 1. The maximum atomic E-state index is 12.8. The van der Waals surface area contributed by atoms with E-state index in [2.05, 4.69) is 21.2 Å². The summed E-state index contributed by atoms with van der Waals surface area (Å²) in [6.07, 6.45) is 1.46. The third-order valence-corrected chi connectivity index (χ3v) is 4.22. The summed E-state index contributed by atoms with van der Waals surface area (Å²) in [4.78, 5) is 38.2. The highest BCUT2D eigenvalue weighted by atomic mass is 79.9. The topological polar surface area (TPSA) is 75.7 Å². The molecule has 0 atom stereocenters. The summed E-state index contributed by atoms with van der Waals surface area (Å²) in [6.45, 7) is 2.39. The van der Waals surface area contributed by atoms with E-state index in [-0.39, 0.29) is 5.57 Å². The standard InChI is InChI=1S/C20H17BrN2O4/c1-13-3-2-4-15(11-13)23-19(25)17(18(24)22-20(23)26)12-14-5-7-16(8-6-14)27-10-9-21/h2-8,11-12H,9-10H2,1H3,(H,22,24,26)/b17-12-. The van der Waals surface area contributed by atoms with Crippen LogP contribution in [0.5, 0.6) is 5.75 Å². The van der Waals surface area contributed by atoms with Gasteiger partial charge in [-0.15, -0.1) is 0 Å². The number of halogens is 1. The number of carbonyl (C=O) groups excluding carboxylic acids is 3. The van der Waals surface area contributed by atoms with E-state index >= 15 is 0 Å². The third kappa shape index (κ3) is 4.25. The van der Waals surface area contributed by atoms with Gasteiger partial charge in [0, 0.05) is 5.33 Å². The number of rotatable bonds is 5. The first-order valence-electron chi connectivity index (χ1n) is 8.26. The lowest BCUT2D eigenvalue weighted by Gasteiger charge is -2.26. The second kappa shape index (κ2) is 8.18. The van der Waals surface area contributed by atoms with E-state index in [1.807, 2.05) is 13.0 Å². The van der Waals surface area contributed by atoms with Crippen molar-refractivity contribution >= 4 is 45.5 Å². The molecule has 3 rings (SSSR count). The van der Waals surface area contributed by atoms with Gasteiger partial charge in [0.15, 0.2) is 0 Å². The molecule has 1 saturated heterocycles. The van der Waals surface area contributed by atoms with Crippen LogP contribution in [0.2, 0.25) is 0 Å². The zero-order chi connectivity index (χ0) is 19.4. The molecule has 6 nitrogen and oxygen atoms in total. The quantitative estimate of drug-likeness (QED) is 0.449. The molecule has 138 valence electrons. The molecule has 0 unspecified atom stereocenters. The molecule has 0 aliphatic carbocycles. The molecule has 27 heavy (non-hydrogen) atoms. The van der Waals surface area contributed by atoms with E-state index in [4.69, 9.17) is 4.74 Å². The van der Waals surface area contributed by atoms with Crippen molar-refractivity contribution in [1.29, 1.82) is 0 Å². The number of nitrogens with zero attached hydrogens (tertiary/aromatic N) is 1. The van der Waals surface area contributed by atoms with Crippen molar-refractivity contribution in [3.63, 3.8) is 0 Å². The molecule has 0 saturated carbocycles. The molecule has 1 aliphatic rings. The van der Waals surface area contributed by atoms with E-state index in [9.17, 15) is 14.4 Å². The molecular weight excluding hydrogens is 412 g/mol. The van der Waals surface area contributed by atoms with Crippen molar-refractivity contribution in [3.05, 3.63) is 65.2 Å². The van der Waals surface area contributed by atoms with Crippen LogP contribution in [0.4, 0.5) is 10.5 Å². The van der Waals surface area contributed by atoms with E-state index in [1.165, 1.54) is 6.08 Å². The first-order chi connectivity index (χ1) is 13.0. The molecule has 1 heterocycles. The van der Waals surface area contributed by atoms with Crippen molar-refractivity contribution in [1.82, 2.24) is 5.32 Å². The Labute approximate surface area is 164 Å². The fraction of sp³-hybridized carbons (Fsp3) is 0.150. The van der Waals surface area contributed by atoms with Gasteiger partial charge in [-0.2, -0.15) is 0 Å². The van der Waals surface area contributed by atoms with Crippen molar-refractivity contribution in [2.45, 2.75) is 6.92 Å². The largest absolute Gasteiger partial charge is 0.493 e. The van der Waals surface area contributed by atoms with Crippen LogP contribution >= 0.6 is 15.9 Å². The van der Waals surface area contributed by atoms with Crippen molar-refractivity contribution < 1.29 is 19.1 Å². The Morgan fingerprint density at radius 2 is 1.85 bits per heavy atom. The number of nitrogens with one attached hydrogen (secondary N) is 1. The number of benzene rings is 2. The number of hydrogen-bond donors (Lipinski definition) is 1. The van der Waals surface area contributed by atoms with E-state index in [0.29, 0.717) is 23.6 Å². The zero-order valence-corrected chi connectivity index (χ0v) is 16.2. The van der Waals surface area contributed by atoms with Gasteiger partial charge in [0.2, 0.25) is 0 Å². The summed E-state index contributed by atoms with van der Waals surface area (Å²) in [5.41, 5.74) is 1.85. The zero-order valence-electron chi connectivity index (χ0n) is 14.6. The number of alkyl halides is 1. The average Bonchev–Trinajstić information content (AvgIpc) is 2.64. The molecule has 2 aromatic carbocycles. The maximum absolute atomic E-state index is 12.8. The minimum Gasteiger partial charge on any atom is -0.493 e. The highest BCUT2D eigenvalue weighted by Gasteiger charge is 2.36. The van der Waals surface area contributed by atoms with E-state index < -0.39 is 17.8 Å². The number of carbonyl (C=O) groups is 3. The highest BCUT2D eigenvalue weighted by Crippen LogP contribution is 2.23. The van der Waals surface area contributed by atoms with Crippen molar-refractivity contribution in [3.8, 4) is 5.75 Å². The molecule has 0 bridgehead atoms. The molecule has 7 heteroatoms. The Hall–Kier alpha value is -2.93. The first kappa shape index (κ1) is 18.8. The first-order valence-corrected chi connectivity index (χ1v) is 9.38. The van der Waals surface area contributed by atoms with Gasteiger partial charge < -0.3 is 4.74 Å². The van der Waals surface area contributed by atoms with Crippen LogP contribution in [0.3, 0.4) is 0 Å². The number of amides is 4. The normalized spacial score (nSPS) is 15.9. The Morgan fingerprint density at radius 1 is 1.11 bits per heavy atom. The Morgan fingerprint density at radius 3 is 2.52 bits per heavy atom. The highest BCUT2D eigenvalue weighted by molar-refractivity contribution is 9.09. The number of urea groups is 1. The van der Waals surface area contributed by atoms with E-state index in [0.717, 1.165) is 15.8 Å². The average molecular weight is 429 g/mol. The summed E-state index contributed by atoms with van der Waals surface area (Å²) in [5.74, 6) is -0.685. The Kier molecular flexibility index (Phi) is 5.71. The summed E-state index contributed by atoms with van der Waals surface area (Å²) < 4.78 is 5.48. The molecule has 2 aromatic rings. The molecule has 1 fully saturated rings. The Bertz CT molecular complexity index is 922. The molecule has 1 N–H and O–H groups in total. The summed E-state index contributed by atoms with van der Waals surface area (Å²) in [6, 6.07) is 13.2. The maximum Gasteiger partial charge on any atom is 0.335 e. The lowest BCUT2D eigenvalue weighted by atomic mass is 10.1. The van der Waals surface area contributed by atoms with Crippen LogP contribution in [0.25, 0.3) is 6.08 Å². The smallest absolute Gasteiger partial charge is 0.335 e. The van der Waals surface area contributed by atoms with Gasteiger partial charge in [-0.1, -0.05) is 40.2 Å². The number of ether oxygens (including phenoxy) is 1. The lowest BCUT2D eigenvalue weighted by Crippen LogP contribution is -2.54. The van der Waals surface area contributed by atoms with E-state index in [1.54, 1.807) is 42.5 Å². The van der Waals surface area contributed by atoms with Gasteiger partial charge in [0.1, 0.15) is 11.3 Å². The second-order valence-electron chi connectivity index (χ2n) is 5.90. The van der Waals surface area contributed by atoms with Gasteiger partial charge >= 0.3 is 6.03 Å². The van der Waals surface area contributed by atoms with Crippen molar-refractivity contribution in [2.75, 3.05) is 16.8 Å². The fourth-order valence-corrected chi connectivity index (χ4v) is 2.80.